The van der Waals surface area contributed by atoms with Gasteiger partial charge in [-0.05, 0) is 50.8 Å². The predicted octanol–water partition coefficient (Wildman–Crippen LogP) is 2.65. The highest BCUT2D eigenvalue weighted by atomic mass is 16.5. The van der Waals surface area contributed by atoms with E-state index in [9.17, 15) is 4.79 Å². The van der Waals surface area contributed by atoms with Crippen LogP contribution < -0.4 is 15.8 Å². The van der Waals surface area contributed by atoms with E-state index >= 15 is 0 Å². The van der Waals surface area contributed by atoms with Crippen molar-refractivity contribution in [3.8, 4) is 5.75 Å². The van der Waals surface area contributed by atoms with Gasteiger partial charge in [0.2, 0.25) is 0 Å². The molecule has 1 aromatic rings. The number of nitrogens with one attached hydrogen (secondary N) is 1. The van der Waals surface area contributed by atoms with Crippen molar-refractivity contribution in [3.05, 3.63) is 29.8 Å². The molecule has 0 fully saturated rings. The number of carbonyl (C=O) groups is 1. The van der Waals surface area contributed by atoms with Gasteiger partial charge in [-0.1, -0.05) is 26.0 Å². The molecule has 0 saturated carbocycles. The zero-order valence-electron chi connectivity index (χ0n) is 13.6. The average molecular weight is 292 g/mol. The molecule has 1 rings (SSSR count). The van der Waals surface area contributed by atoms with Crippen LogP contribution in [0.2, 0.25) is 0 Å². The third-order valence-electron chi connectivity index (χ3n) is 3.65. The van der Waals surface area contributed by atoms with E-state index in [-0.39, 0.29) is 24.1 Å². The van der Waals surface area contributed by atoms with Crippen molar-refractivity contribution >= 4 is 5.91 Å². The maximum atomic E-state index is 11.8. The minimum absolute atomic E-state index is 0.0344. The van der Waals surface area contributed by atoms with E-state index in [1.54, 1.807) is 0 Å². The van der Waals surface area contributed by atoms with Gasteiger partial charge in [-0.25, -0.2) is 0 Å². The minimum atomic E-state index is -0.198. The number of benzene rings is 1. The van der Waals surface area contributed by atoms with Crippen LogP contribution >= 0.6 is 0 Å². The third-order valence-corrected chi connectivity index (χ3v) is 3.65. The van der Waals surface area contributed by atoms with E-state index in [0.29, 0.717) is 5.75 Å². The number of ether oxygens (including phenoxy) is 1. The molecule has 4 nitrogen and oxygen atoms in total. The van der Waals surface area contributed by atoms with Crippen LogP contribution in [0.15, 0.2) is 24.3 Å². The smallest absolute Gasteiger partial charge is 0.258 e. The Labute approximate surface area is 128 Å². The first-order valence-electron chi connectivity index (χ1n) is 7.64. The van der Waals surface area contributed by atoms with Gasteiger partial charge in [-0.2, -0.15) is 0 Å². The lowest BCUT2D eigenvalue weighted by molar-refractivity contribution is -0.124. The van der Waals surface area contributed by atoms with Crippen LogP contribution in [-0.2, 0) is 11.2 Å². The molecule has 0 spiro atoms. The van der Waals surface area contributed by atoms with E-state index < -0.39 is 0 Å². The molecule has 0 bridgehead atoms. The van der Waals surface area contributed by atoms with Gasteiger partial charge >= 0.3 is 0 Å². The van der Waals surface area contributed by atoms with Gasteiger partial charge in [-0.3, -0.25) is 4.79 Å². The van der Waals surface area contributed by atoms with Crippen molar-refractivity contribution in [2.45, 2.75) is 58.5 Å². The van der Waals surface area contributed by atoms with Crippen molar-refractivity contribution in [2.24, 2.45) is 5.73 Å². The van der Waals surface area contributed by atoms with Crippen molar-refractivity contribution < 1.29 is 9.53 Å². The van der Waals surface area contributed by atoms with Gasteiger partial charge < -0.3 is 15.8 Å². The Morgan fingerprint density at radius 1 is 1.38 bits per heavy atom. The fourth-order valence-electron chi connectivity index (χ4n) is 1.86. The molecule has 1 aromatic carbocycles. The molecule has 4 heteroatoms. The van der Waals surface area contributed by atoms with Gasteiger partial charge in [0, 0.05) is 11.6 Å². The summed E-state index contributed by atoms with van der Waals surface area (Å²) in [7, 11) is 0. The summed E-state index contributed by atoms with van der Waals surface area (Å²) in [6.07, 6.45) is 2.64. The van der Waals surface area contributed by atoms with Gasteiger partial charge in [0.1, 0.15) is 5.75 Å². The Morgan fingerprint density at radius 2 is 2.10 bits per heavy atom. The molecule has 3 N–H and O–H groups in total. The normalized spacial score (nSPS) is 12.8. The Hall–Kier alpha value is -1.55. The van der Waals surface area contributed by atoms with Gasteiger partial charge in [-0.15, -0.1) is 0 Å². The summed E-state index contributed by atoms with van der Waals surface area (Å²) in [5, 5.41) is 2.95. The molecular weight excluding hydrogens is 264 g/mol. The van der Waals surface area contributed by atoms with E-state index in [4.69, 9.17) is 10.5 Å². The molecule has 0 aliphatic heterocycles. The average Bonchev–Trinajstić information content (AvgIpc) is 2.45. The first-order chi connectivity index (χ1) is 9.86. The maximum absolute atomic E-state index is 11.8. The van der Waals surface area contributed by atoms with Crippen LogP contribution in [0.3, 0.4) is 0 Å². The van der Waals surface area contributed by atoms with Crippen LogP contribution in [0.1, 0.15) is 46.1 Å². The van der Waals surface area contributed by atoms with Crippen molar-refractivity contribution in [2.75, 3.05) is 6.61 Å². The summed E-state index contributed by atoms with van der Waals surface area (Å²) < 4.78 is 5.56. The SMILES string of the molecule is CCC(N)Cc1cccc(OCC(=O)NC(C)(C)CC)c1. The molecule has 1 unspecified atom stereocenters. The fraction of sp³-hybridized carbons (Fsp3) is 0.588. The molecule has 1 atom stereocenters. The number of hydrogen-bond donors (Lipinski definition) is 2. The zero-order chi connectivity index (χ0) is 15.9. The molecule has 21 heavy (non-hydrogen) atoms. The van der Waals surface area contributed by atoms with Crippen LogP contribution in [-0.4, -0.2) is 24.1 Å². The number of amides is 1. The van der Waals surface area contributed by atoms with E-state index in [1.165, 1.54) is 0 Å². The Bertz CT molecular complexity index is 458. The lowest BCUT2D eigenvalue weighted by Crippen LogP contribution is -2.44. The largest absolute Gasteiger partial charge is 0.484 e. The van der Waals surface area contributed by atoms with Crippen molar-refractivity contribution in [1.82, 2.24) is 5.32 Å². The van der Waals surface area contributed by atoms with E-state index in [1.807, 2.05) is 45.0 Å². The molecule has 0 aliphatic rings. The lowest BCUT2D eigenvalue weighted by Gasteiger charge is -2.24. The first-order valence-corrected chi connectivity index (χ1v) is 7.64. The van der Waals surface area contributed by atoms with Gasteiger partial charge in [0.05, 0.1) is 0 Å². The van der Waals surface area contributed by atoms with Gasteiger partial charge in [0.25, 0.3) is 5.91 Å². The zero-order valence-corrected chi connectivity index (χ0v) is 13.6. The van der Waals surface area contributed by atoms with Crippen LogP contribution in [0.5, 0.6) is 5.75 Å². The highest BCUT2D eigenvalue weighted by Gasteiger charge is 2.17. The third kappa shape index (κ3) is 6.63. The molecule has 0 aromatic heterocycles. The van der Waals surface area contributed by atoms with Crippen LogP contribution in [0.4, 0.5) is 0 Å². The summed E-state index contributed by atoms with van der Waals surface area (Å²) in [5.41, 5.74) is 6.89. The van der Waals surface area contributed by atoms with Gasteiger partial charge in [0.15, 0.2) is 6.61 Å². The molecule has 0 saturated heterocycles. The molecule has 0 radical (unpaired) electrons. The number of rotatable bonds is 8. The second-order valence-electron chi connectivity index (χ2n) is 6.09. The summed E-state index contributed by atoms with van der Waals surface area (Å²) in [5.74, 6) is 0.609. The summed E-state index contributed by atoms with van der Waals surface area (Å²) in [6.45, 7) is 8.15. The second kappa shape index (κ2) is 8.03. The van der Waals surface area contributed by atoms with E-state index in [2.05, 4.69) is 12.2 Å². The van der Waals surface area contributed by atoms with Crippen molar-refractivity contribution in [1.29, 1.82) is 0 Å². The van der Waals surface area contributed by atoms with Crippen molar-refractivity contribution in [3.63, 3.8) is 0 Å². The topological polar surface area (TPSA) is 64.3 Å². The summed E-state index contributed by atoms with van der Waals surface area (Å²) in [6, 6.07) is 7.94. The Morgan fingerprint density at radius 3 is 2.71 bits per heavy atom. The molecule has 1 amide bonds. The number of nitrogens with two attached hydrogens (primary N) is 1. The Kier molecular flexibility index (Phi) is 6.69. The summed E-state index contributed by atoms with van der Waals surface area (Å²) >= 11 is 0. The molecule has 0 heterocycles. The monoisotopic (exact) mass is 292 g/mol. The number of carbonyl (C=O) groups excluding carboxylic acids is 1. The molecular formula is C17H28N2O2. The predicted molar refractivity (Wildman–Crippen MR) is 86.4 cm³/mol. The fourth-order valence-corrected chi connectivity index (χ4v) is 1.86. The lowest BCUT2D eigenvalue weighted by atomic mass is 10.0. The van der Waals surface area contributed by atoms with Crippen LogP contribution in [0, 0.1) is 0 Å². The highest BCUT2D eigenvalue weighted by Crippen LogP contribution is 2.15. The quantitative estimate of drug-likeness (QED) is 0.774. The Balaban J connectivity index is 2.52. The molecule has 0 aliphatic carbocycles. The maximum Gasteiger partial charge on any atom is 0.258 e. The summed E-state index contributed by atoms with van der Waals surface area (Å²) in [4.78, 5) is 11.8. The second-order valence-corrected chi connectivity index (χ2v) is 6.09. The first kappa shape index (κ1) is 17.5. The van der Waals surface area contributed by atoms with Crippen LogP contribution in [0.25, 0.3) is 0 Å². The molecule has 118 valence electrons. The van der Waals surface area contributed by atoms with E-state index in [0.717, 1.165) is 24.8 Å². The number of hydrogen-bond acceptors (Lipinski definition) is 3. The minimum Gasteiger partial charge on any atom is -0.484 e. The highest BCUT2D eigenvalue weighted by molar-refractivity contribution is 5.78. The standard InChI is InChI=1S/C17H28N2O2/c1-5-14(18)10-13-8-7-9-15(11-13)21-12-16(20)19-17(3,4)6-2/h7-9,11,14H,5-6,10,12,18H2,1-4H3,(H,19,20).